The number of fused-ring (bicyclic) bond motifs is 1. The number of carboxylic acid groups (broad SMARTS) is 2. The van der Waals surface area contributed by atoms with Gasteiger partial charge in [-0.05, 0) is 29.3 Å². The number of hydrogen-bond donors (Lipinski definition) is 3. The Hall–Kier alpha value is -3.38. The summed E-state index contributed by atoms with van der Waals surface area (Å²) in [7, 11) is 1.73. The Morgan fingerprint density at radius 1 is 0.929 bits per heavy atom. The molecule has 6 nitrogen and oxygen atoms in total. The van der Waals surface area contributed by atoms with E-state index in [9.17, 15) is 0 Å². The van der Waals surface area contributed by atoms with Gasteiger partial charge in [-0.2, -0.15) is 0 Å². The molecule has 1 unspecified atom stereocenters. The second-order valence-corrected chi connectivity index (χ2v) is 6.09. The molecule has 0 aliphatic heterocycles. The summed E-state index contributed by atoms with van der Waals surface area (Å²) in [6.45, 7) is 2.97. The van der Waals surface area contributed by atoms with Gasteiger partial charge in [0.05, 0.1) is 7.11 Å². The Labute approximate surface area is 163 Å². The molecule has 0 radical (unpaired) electrons. The fourth-order valence-corrected chi connectivity index (χ4v) is 2.80. The van der Waals surface area contributed by atoms with Crippen LogP contribution in [0.1, 0.15) is 24.1 Å². The van der Waals surface area contributed by atoms with Crippen molar-refractivity contribution in [2.24, 2.45) is 0 Å². The fraction of sp³-hybridized carbons (Fsp3) is 0.182. The van der Waals surface area contributed by atoms with Crippen molar-refractivity contribution in [3.8, 4) is 5.75 Å². The van der Waals surface area contributed by atoms with Gasteiger partial charge in [0, 0.05) is 18.2 Å². The summed E-state index contributed by atoms with van der Waals surface area (Å²) < 4.78 is 5.55. The normalized spacial score (nSPS) is 11.2. The predicted molar refractivity (Wildman–Crippen MR) is 107 cm³/mol. The summed E-state index contributed by atoms with van der Waals surface area (Å²) in [6, 6.07) is 23.4. The van der Waals surface area contributed by atoms with Gasteiger partial charge in [-0.1, -0.05) is 60.7 Å². The Balaban J connectivity index is 0.000000409. The Morgan fingerprint density at radius 2 is 1.54 bits per heavy atom. The minimum absolute atomic E-state index is 0.296. The fourth-order valence-electron chi connectivity index (χ4n) is 2.80. The Bertz CT molecular complexity index is 928. The van der Waals surface area contributed by atoms with Crippen molar-refractivity contribution in [2.75, 3.05) is 7.11 Å². The molecule has 1 atom stereocenters. The lowest BCUT2D eigenvalue weighted by molar-refractivity contribution is -0.159. The molecule has 28 heavy (non-hydrogen) atoms. The van der Waals surface area contributed by atoms with Crippen LogP contribution < -0.4 is 10.1 Å². The van der Waals surface area contributed by atoms with E-state index < -0.39 is 11.9 Å². The molecule has 0 aliphatic rings. The topological polar surface area (TPSA) is 95.9 Å². The van der Waals surface area contributed by atoms with Gasteiger partial charge in [0.2, 0.25) is 0 Å². The van der Waals surface area contributed by atoms with E-state index in [1.165, 1.54) is 21.9 Å². The molecule has 6 heteroatoms. The zero-order valence-corrected chi connectivity index (χ0v) is 15.8. The quantitative estimate of drug-likeness (QED) is 0.581. The average Bonchev–Trinajstić information content (AvgIpc) is 2.72. The molecule has 0 fully saturated rings. The van der Waals surface area contributed by atoms with Gasteiger partial charge in [0.1, 0.15) is 5.75 Å². The monoisotopic (exact) mass is 381 g/mol. The highest BCUT2D eigenvalue weighted by Gasteiger charge is 2.10. The summed E-state index contributed by atoms with van der Waals surface area (Å²) in [4.78, 5) is 18.2. The zero-order chi connectivity index (χ0) is 20.5. The van der Waals surface area contributed by atoms with Crippen LogP contribution in [0.3, 0.4) is 0 Å². The first kappa shape index (κ1) is 20.9. The predicted octanol–water partition coefficient (Wildman–Crippen LogP) is 3.85. The van der Waals surface area contributed by atoms with Gasteiger partial charge in [-0.15, -0.1) is 0 Å². The van der Waals surface area contributed by atoms with Crippen LogP contribution in [0.2, 0.25) is 0 Å². The second kappa shape index (κ2) is 10.1. The number of methoxy groups -OCH3 is 1. The highest BCUT2D eigenvalue weighted by molar-refractivity contribution is 6.27. The van der Waals surface area contributed by atoms with Crippen molar-refractivity contribution in [1.82, 2.24) is 5.32 Å². The summed E-state index contributed by atoms with van der Waals surface area (Å²) in [6.07, 6.45) is 0. The Morgan fingerprint density at radius 3 is 2.14 bits per heavy atom. The maximum atomic E-state index is 9.10. The van der Waals surface area contributed by atoms with E-state index in [-0.39, 0.29) is 0 Å². The highest BCUT2D eigenvalue weighted by atomic mass is 16.5. The summed E-state index contributed by atoms with van der Waals surface area (Å²) in [5, 5.41) is 20.9. The summed E-state index contributed by atoms with van der Waals surface area (Å²) >= 11 is 0. The molecular formula is C22H23NO5. The van der Waals surface area contributed by atoms with Crippen LogP contribution in [-0.2, 0) is 16.1 Å². The second-order valence-electron chi connectivity index (χ2n) is 6.09. The van der Waals surface area contributed by atoms with Crippen LogP contribution in [-0.4, -0.2) is 29.3 Å². The van der Waals surface area contributed by atoms with Crippen molar-refractivity contribution in [3.05, 3.63) is 77.9 Å². The molecule has 3 N–H and O–H groups in total. The standard InChI is InChI=1S/C20H21NO.C2H2O4/c1-15(16-8-4-3-5-9-16)21-14-19-18-11-7-6-10-17(18)12-13-20(19)22-2;3-1(4)2(5)6/h3-13,15,21H,14H2,1-2H3;(H,3,4)(H,5,6). The van der Waals surface area contributed by atoms with E-state index in [2.05, 4.69) is 66.8 Å². The summed E-state index contributed by atoms with van der Waals surface area (Å²) in [5.74, 6) is -2.71. The average molecular weight is 381 g/mol. The number of aliphatic carboxylic acids is 2. The van der Waals surface area contributed by atoms with Gasteiger partial charge in [0.25, 0.3) is 0 Å². The first-order chi connectivity index (χ1) is 13.4. The van der Waals surface area contributed by atoms with E-state index >= 15 is 0 Å². The van der Waals surface area contributed by atoms with Crippen molar-refractivity contribution < 1.29 is 24.5 Å². The Kier molecular flexibility index (Phi) is 7.54. The van der Waals surface area contributed by atoms with Gasteiger partial charge < -0.3 is 20.3 Å². The van der Waals surface area contributed by atoms with Crippen LogP contribution in [0, 0.1) is 0 Å². The lowest BCUT2D eigenvalue weighted by Crippen LogP contribution is -2.18. The highest BCUT2D eigenvalue weighted by Crippen LogP contribution is 2.28. The first-order valence-electron chi connectivity index (χ1n) is 8.73. The maximum Gasteiger partial charge on any atom is 0.414 e. The number of hydrogen-bond acceptors (Lipinski definition) is 4. The van der Waals surface area contributed by atoms with Crippen LogP contribution in [0.15, 0.2) is 66.7 Å². The number of rotatable bonds is 5. The van der Waals surface area contributed by atoms with Crippen molar-refractivity contribution in [3.63, 3.8) is 0 Å². The third-order valence-electron chi connectivity index (χ3n) is 4.29. The van der Waals surface area contributed by atoms with E-state index in [0.717, 1.165) is 12.3 Å². The van der Waals surface area contributed by atoms with Crippen LogP contribution in [0.4, 0.5) is 0 Å². The van der Waals surface area contributed by atoms with Crippen molar-refractivity contribution >= 4 is 22.7 Å². The van der Waals surface area contributed by atoms with Crippen LogP contribution in [0.25, 0.3) is 10.8 Å². The van der Waals surface area contributed by atoms with E-state index in [0.29, 0.717) is 6.04 Å². The molecule has 0 aromatic heterocycles. The lowest BCUT2D eigenvalue weighted by Gasteiger charge is -2.17. The number of ether oxygens (including phenoxy) is 1. The molecule has 0 aliphatic carbocycles. The van der Waals surface area contributed by atoms with Gasteiger partial charge in [-0.3, -0.25) is 0 Å². The van der Waals surface area contributed by atoms with Crippen molar-refractivity contribution in [1.29, 1.82) is 0 Å². The van der Waals surface area contributed by atoms with Gasteiger partial charge >= 0.3 is 11.9 Å². The molecule has 0 saturated heterocycles. The number of nitrogens with one attached hydrogen (secondary N) is 1. The first-order valence-corrected chi connectivity index (χ1v) is 8.73. The zero-order valence-electron chi connectivity index (χ0n) is 15.8. The third-order valence-corrected chi connectivity index (χ3v) is 4.29. The number of carbonyl (C=O) groups is 2. The van der Waals surface area contributed by atoms with Crippen LogP contribution >= 0.6 is 0 Å². The molecule has 146 valence electrons. The largest absolute Gasteiger partial charge is 0.496 e. The van der Waals surface area contributed by atoms with Gasteiger partial charge in [0.15, 0.2) is 0 Å². The smallest absolute Gasteiger partial charge is 0.414 e. The molecule has 0 heterocycles. The molecule has 0 spiro atoms. The molecular weight excluding hydrogens is 358 g/mol. The van der Waals surface area contributed by atoms with E-state index in [1.54, 1.807) is 7.11 Å². The molecule has 3 aromatic carbocycles. The van der Waals surface area contributed by atoms with Crippen LogP contribution in [0.5, 0.6) is 5.75 Å². The summed E-state index contributed by atoms with van der Waals surface area (Å²) in [5.41, 5.74) is 2.50. The SMILES string of the molecule is COc1ccc2ccccc2c1CNC(C)c1ccccc1.O=C(O)C(=O)O. The molecule has 3 aromatic rings. The minimum atomic E-state index is -1.82. The minimum Gasteiger partial charge on any atom is -0.496 e. The molecule has 0 amide bonds. The lowest BCUT2D eigenvalue weighted by atomic mass is 10.0. The maximum absolute atomic E-state index is 9.10. The molecule has 3 rings (SSSR count). The van der Waals surface area contributed by atoms with E-state index in [4.69, 9.17) is 24.5 Å². The molecule has 0 bridgehead atoms. The van der Waals surface area contributed by atoms with Crippen molar-refractivity contribution in [2.45, 2.75) is 19.5 Å². The van der Waals surface area contributed by atoms with Gasteiger partial charge in [-0.25, -0.2) is 9.59 Å². The number of carboxylic acids is 2. The molecule has 0 saturated carbocycles. The number of benzene rings is 3. The third kappa shape index (κ3) is 5.56. The van der Waals surface area contributed by atoms with E-state index in [1.807, 2.05) is 12.1 Å².